The summed E-state index contributed by atoms with van der Waals surface area (Å²) in [6.45, 7) is 8.36. The van der Waals surface area contributed by atoms with Gasteiger partial charge in [-0.05, 0) is 46.1 Å². The van der Waals surface area contributed by atoms with Gasteiger partial charge in [0.25, 0.3) is 5.91 Å². The van der Waals surface area contributed by atoms with E-state index in [2.05, 4.69) is 25.3 Å². The molecule has 2 amide bonds. The molecule has 0 spiro atoms. The topological polar surface area (TPSA) is 124 Å². The molecule has 2 saturated heterocycles. The Kier molecular flexibility index (Phi) is 7.65. The van der Waals surface area contributed by atoms with Gasteiger partial charge in [0.1, 0.15) is 29.0 Å². The lowest BCUT2D eigenvalue weighted by Crippen LogP contribution is -2.46. The van der Waals surface area contributed by atoms with E-state index in [9.17, 15) is 9.59 Å². The molecule has 0 radical (unpaired) electrons. The Labute approximate surface area is 245 Å². The molecule has 1 N–H and O–H groups in total. The highest BCUT2D eigenvalue weighted by atomic mass is 16.6. The minimum atomic E-state index is -0.536. The molecule has 3 aliphatic rings. The predicted molar refractivity (Wildman–Crippen MR) is 157 cm³/mol. The van der Waals surface area contributed by atoms with E-state index in [-0.39, 0.29) is 35.9 Å². The first-order valence-corrected chi connectivity index (χ1v) is 14.7. The molecule has 224 valence electrons. The molecule has 1 saturated carbocycles. The van der Waals surface area contributed by atoms with Crippen LogP contribution in [0.25, 0.3) is 10.9 Å². The summed E-state index contributed by atoms with van der Waals surface area (Å²) in [5, 5.41) is 8.36. The SMILES string of the molecule is Cn1cc2cc(NC(=O)c3cnc(N4CC[C@@H](N(C(=O)OC(C)(C)C)C5CC5)C4)cn3)c(OC3CCOCC3)cc2n1. The van der Waals surface area contributed by atoms with Gasteiger partial charge in [0.05, 0.1) is 42.9 Å². The highest BCUT2D eigenvalue weighted by Gasteiger charge is 2.42. The second kappa shape index (κ2) is 11.4. The van der Waals surface area contributed by atoms with Crippen molar-refractivity contribution in [1.82, 2.24) is 24.6 Å². The van der Waals surface area contributed by atoms with Crippen LogP contribution in [-0.2, 0) is 16.5 Å². The molecular formula is C30H39N7O5. The fraction of sp³-hybridized carbons (Fsp3) is 0.567. The van der Waals surface area contributed by atoms with Crippen molar-refractivity contribution >= 4 is 34.4 Å². The van der Waals surface area contributed by atoms with E-state index < -0.39 is 5.60 Å². The summed E-state index contributed by atoms with van der Waals surface area (Å²) in [5.41, 5.74) is 1.01. The molecule has 2 aliphatic heterocycles. The number of ether oxygens (including phenoxy) is 3. The maximum Gasteiger partial charge on any atom is 0.410 e. The fourth-order valence-electron chi connectivity index (χ4n) is 5.57. The molecule has 1 aliphatic carbocycles. The van der Waals surface area contributed by atoms with Gasteiger partial charge in [0.2, 0.25) is 0 Å². The van der Waals surface area contributed by atoms with Crippen molar-refractivity contribution in [3.63, 3.8) is 0 Å². The monoisotopic (exact) mass is 577 g/mol. The molecule has 12 heteroatoms. The van der Waals surface area contributed by atoms with Crippen molar-refractivity contribution in [2.24, 2.45) is 7.05 Å². The second-order valence-electron chi connectivity index (χ2n) is 12.4. The number of carbonyl (C=O) groups is 2. The molecule has 1 aromatic carbocycles. The van der Waals surface area contributed by atoms with E-state index in [1.165, 1.54) is 6.20 Å². The highest BCUT2D eigenvalue weighted by Crippen LogP contribution is 2.34. The number of anilines is 2. The molecular weight excluding hydrogens is 538 g/mol. The van der Waals surface area contributed by atoms with Crippen molar-refractivity contribution in [3.8, 4) is 5.75 Å². The summed E-state index contributed by atoms with van der Waals surface area (Å²) >= 11 is 0. The van der Waals surface area contributed by atoms with Gasteiger partial charge in [-0.2, -0.15) is 5.10 Å². The van der Waals surface area contributed by atoms with Crippen LogP contribution in [0.4, 0.5) is 16.3 Å². The Hall–Kier alpha value is -3.93. The lowest BCUT2D eigenvalue weighted by atomic mass is 10.1. The lowest BCUT2D eigenvalue weighted by Gasteiger charge is -2.31. The van der Waals surface area contributed by atoms with Gasteiger partial charge in [-0.25, -0.2) is 14.8 Å². The Morgan fingerprint density at radius 2 is 1.83 bits per heavy atom. The van der Waals surface area contributed by atoms with Crippen LogP contribution in [0.2, 0.25) is 0 Å². The molecule has 2 aromatic heterocycles. The lowest BCUT2D eigenvalue weighted by molar-refractivity contribution is 0.0158. The molecule has 12 nitrogen and oxygen atoms in total. The third kappa shape index (κ3) is 6.43. The van der Waals surface area contributed by atoms with Crippen LogP contribution in [0.1, 0.15) is 63.4 Å². The number of fused-ring (bicyclic) bond motifs is 1. The molecule has 0 bridgehead atoms. The average Bonchev–Trinajstić information content (AvgIpc) is 3.53. The molecule has 3 fully saturated rings. The first-order valence-electron chi connectivity index (χ1n) is 14.7. The summed E-state index contributed by atoms with van der Waals surface area (Å²) in [7, 11) is 1.86. The predicted octanol–water partition coefficient (Wildman–Crippen LogP) is 4.15. The molecule has 1 atom stereocenters. The van der Waals surface area contributed by atoms with Crippen molar-refractivity contribution in [3.05, 3.63) is 36.4 Å². The van der Waals surface area contributed by atoms with E-state index in [1.807, 2.05) is 51.0 Å². The van der Waals surface area contributed by atoms with Gasteiger partial charge in [-0.3, -0.25) is 9.48 Å². The van der Waals surface area contributed by atoms with Crippen LogP contribution in [0.15, 0.2) is 30.7 Å². The number of benzene rings is 1. The Morgan fingerprint density at radius 1 is 1.05 bits per heavy atom. The minimum absolute atomic E-state index is 0.00471. The summed E-state index contributed by atoms with van der Waals surface area (Å²) in [4.78, 5) is 39.2. The van der Waals surface area contributed by atoms with E-state index >= 15 is 0 Å². The summed E-state index contributed by atoms with van der Waals surface area (Å²) in [6.07, 6.45) is 9.18. The molecule has 6 rings (SSSR count). The van der Waals surface area contributed by atoms with Crippen LogP contribution in [0.3, 0.4) is 0 Å². The van der Waals surface area contributed by atoms with Crippen molar-refractivity contribution in [1.29, 1.82) is 0 Å². The Bertz CT molecular complexity index is 1440. The smallest absolute Gasteiger partial charge is 0.410 e. The zero-order chi connectivity index (χ0) is 29.4. The fourth-order valence-corrected chi connectivity index (χ4v) is 5.57. The quantitative estimate of drug-likeness (QED) is 0.441. The van der Waals surface area contributed by atoms with Gasteiger partial charge in [0.15, 0.2) is 0 Å². The Balaban J connectivity index is 1.13. The number of hydrogen-bond donors (Lipinski definition) is 1. The average molecular weight is 578 g/mol. The van der Waals surface area contributed by atoms with E-state index in [0.717, 1.165) is 49.6 Å². The molecule has 0 unspecified atom stereocenters. The largest absolute Gasteiger partial charge is 0.488 e. The van der Waals surface area contributed by atoms with Crippen molar-refractivity contribution in [2.75, 3.05) is 36.5 Å². The third-order valence-electron chi connectivity index (χ3n) is 7.73. The van der Waals surface area contributed by atoms with Crippen LogP contribution in [0.5, 0.6) is 5.75 Å². The first kappa shape index (κ1) is 28.2. The van der Waals surface area contributed by atoms with E-state index in [0.29, 0.717) is 37.0 Å². The number of aromatic nitrogens is 4. The van der Waals surface area contributed by atoms with E-state index in [4.69, 9.17) is 14.2 Å². The number of carbonyl (C=O) groups excluding carboxylic acids is 2. The maximum atomic E-state index is 13.3. The van der Waals surface area contributed by atoms with E-state index in [1.54, 1.807) is 10.9 Å². The van der Waals surface area contributed by atoms with Gasteiger partial charge in [-0.15, -0.1) is 0 Å². The summed E-state index contributed by atoms with van der Waals surface area (Å²) in [6, 6.07) is 4.03. The van der Waals surface area contributed by atoms with Crippen LogP contribution < -0.4 is 15.0 Å². The third-order valence-corrected chi connectivity index (χ3v) is 7.73. The second-order valence-corrected chi connectivity index (χ2v) is 12.4. The van der Waals surface area contributed by atoms with Gasteiger partial charge in [-0.1, -0.05) is 0 Å². The van der Waals surface area contributed by atoms with Gasteiger partial charge < -0.3 is 29.3 Å². The minimum Gasteiger partial charge on any atom is -0.488 e. The number of rotatable bonds is 7. The maximum absolute atomic E-state index is 13.3. The normalized spacial score (nSPS) is 19.6. The van der Waals surface area contributed by atoms with Gasteiger partial charge in [0, 0.05) is 56.7 Å². The van der Waals surface area contributed by atoms with Crippen molar-refractivity contribution in [2.45, 2.75) is 76.7 Å². The number of nitrogens with one attached hydrogen (secondary N) is 1. The Morgan fingerprint density at radius 3 is 2.52 bits per heavy atom. The molecule has 4 heterocycles. The highest BCUT2D eigenvalue weighted by molar-refractivity contribution is 6.04. The molecule has 3 aromatic rings. The number of nitrogens with zero attached hydrogens (tertiary/aromatic N) is 6. The summed E-state index contributed by atoms with van der Waals surface area (Å²) in [5.74, 6) is 0.867. The number of hydrogen-bond acceptors (Lipinski definition) is 9. The zero-order valence-corrected chi connectivity index (χ0v) is 24.7. The number of aryl methyl sites for hydroxylation is 1. The van der Waals surface area contributed by atoms with Gasteiger partial charge >= 0.3 is 6.09 Å². The van der Waals surface area contributed by atoms with Crippen molar-refractivity contribution < 1.29 is 23.8 Å². The zero-order valence-electron chi connectivity index (χ0n) is 24.7. The van der Waals surface area contributed by atoms with Crippen LogP contribution in [-0.4, -0.2) is 86.7 Å². The first-order chi connectivity index (χ1) is 20.1. The van der Waals surface area contributed by atoms with Crippen LogP contribution in [0, 0.1) is 0 Å². The summed E-state index contributed by atoms with van der Waals surface area (Å²) < 4.78 is 19.2. The van der Waals surface area contributed by atoms with Crippen LogP contribution >= 0.6 is 0 Å². The molecule has 42 heavy (non-hydrogen) atoms. The number of amides is 2. The standard InChI is InChI=1S/C30H39N7O5/c1-30(2,3)42-29(39)37(20-5-6-20)21-7-10-36(18-21)27-16-31-25(15-32-27)28(38)33-24-13-19-17-35(4)34-23(19)14-26(24)41-22-8-11-40-12-9-22/h13-17,20-22H,5-12,18H2,1-4H3,(H,33,38)/t21-/m1/s1.